The number of esters is 1. The SMILES string of the molecule is CCOC(=O)c1cc(C(=O)O)n(-c2ccc(Cl)c(C)c2)n1. The number of carbonyl (C=O) groups excluding carboxylic acids is 1. The topological polar surface area (TPSA) is 81.4 Å². The summed E-state index contributed by atoms with van der Waals surface area (Å²) in [5.41, 5.74) is 1.10. The first kappa shape index (κ1) is 15.1. The van der Waals surface area contributed by atoms with E-state index < -0.39 is 11.9 Å². The van der Waals surface area contributed by atoms with Gasteiger partial charge in [0.05, 0.1) is 12.3 Å². The van der Waals surface area contributed by atoms with Gasteiger partial charge in [-0.3, -0.25) is 0 Å². The summed E-state index contributed by atoms with van der Waals surface area (Å²) >= 11 is 5.95. The lowest BCUT2D eigenvalue weighted by Gasteiger charge is -2.06. The minimum atomic E-state index is -1.19. The van der Waals surface area contributed by atoms with E-state index in [1.807, 2.05) is 0 Å². The second-order valence-corrected chi connectivity index (χ2v) is 4.69. The average Bonchev–Trinajstić information content (AvgIpc) is 2.87. The fourth-order valence-electron chi connectivity index (χ4n) is 1.80. The lowest BCUT2D eigenvalue weighted by atomic mass is 10.2. The molecule has 1 heterocycles. The number of nitrogens with zero attached hydrogens (tertiary/aromatic N) is 2. The Morgan fingerprint density at radius 3 is 2.67 bits per heavy atom. The molecule has 0 unspecified atom stereocenters. The molecular weight excluding hydrogens is 296 g/mol. The highest BCUT2D eigenvalue weighted by molar-refractivity contribution is 6.31. The first-order chi connectivity index (χ1) is 9.93. The molecule has 2 rings (SSSR count). The van der Waals surface area contributed by atoms with Crippen molar-refractivity contribution in [2.24, 2.45) is 0 Å². The number of carbonyl (C=O) groups is 2. The Morgan fingerprint density at radius 2 is 2.10 bits per heavy atom. The number of carboxylic acids is 1. The Balaban J connectivity index is 2.53. The third-order valence-corrected chi connectivity index (χ3v) is 3.22. The molecule has 7 heteroatoms. The zero-order valence-electron chi connectivity index (χ0n) is 11.5. The van der Waals surface area contributed by atoms with Crippen LogP contribution in [0.25, 0.3) is 5.69 Å². The van der Waals surface area contributed by atoms with Crippen LogP contribution in [-0.2, 0) is 4.74 Å². The van der Waals surface area contributed by atoms with Gasteiger partial charge in [0, 0.05) is 11.1 Å². The van der Waals surface area contributed by atoms with E-state index in [1.165, 1.54) is 10.7 Å². The molecule has 0 atom stereocenters. The van der Waals surface area contributed by atoms with E-state index in [0.717, 1.165) is 5.56 Å². The van der Waals surface area contributed by atoms with Crippen molar-refractivity contribution in [3.05, 3.63) is 46.2 Å². The summed E-state index contributed by atoms with van der Waals surface area (Å²) in [6.07, 6.45) is 0. The molecule has 0 spiro atoms. The molecule has 1 N–H and O–H groups in total. The van der Waals surface area contributed by atoms with Crippen LogP contribution in [-0.4, -0.2) is 33.4 Å². The van der Waals surface area contributed by atoms with Gasteiger partial charge in [0.15, 0.2) is 11.4 Å². The first-order valence-corrected chi connectivity index (χ1v) is 6.58. The smallest absolute Gasteiger partial charge is 0.358 e. The second kappa shape index (κ2) is 5.97. The molecular formula is C14H13ClN2O4. The van der Waals surface area contributed by atoms with Gasteiger partial charge in [-0.1, -0.05) is 11.6 Å². The van der Waals surface area contributed by atoms with Gasteiger partial charge in [-0.25, -0.2) is 14.3 Å². The normalized spacial score (nSPS) is 10.4. The number of rotatable bonds is 4. The number of aryl methyl sites for hydroxylation is 1. The molecule has 2 aromatic rings. The van der Waals surface area contributed by atoms with Gasteiger partial charge in [0.25, 0.3) is 0 Å². The fourth-order valence-corrected chi connectivity index (χ4v) is 1.91. The van der Waals surface area contributed by atoms with E-state index in [2.05, 4.69) is 5.10 Å². The molecule has 1 aromatic carbocycles. The number of benzene rings is 1. The molecule has 0 saturated carbocycles. The van der Waals surface area contributed by atoms with Crippen molar-refractivity contribution in [1.82, 2.24) is 9.78 Å². The summed E-state index contributed by atoms with van der Waals surface area (Å²) < 4.78 is 6.00. The molecule has 0 fully saturated rings. The predicted octanol–water partition coefficient (Wildman–Crippen LogP) is 2.71. The summed E-state index contributed by atoms with van der Waals surface area (Å²) in [6.45, 7) is 3.64. The summed E-state index contributed by atoms with van der Waals surface area (Å²) in [7, 11) is 0. The highest BCUT2D eigenvalue weighted by Crippen LogP contribution is 2.20. The molecule has 0 aliphatic heterocycles. The van der Waals surface area contributed by atoms with Crippen LogP contribution in [0.1, 0.15) is 33.5 Å². The van der Waals surface area contributed by atoms with Crippen molar-refractivity contribution < 1.29 is 19.4 Å². The van der Waals surface area contributed by atoms with Gasteiger partial charge in [-0.05, 0) is 37.6 Å². The van der Waals surface area contributed by atoms with Crippen molar-refractivity contribution in [1.29, 1.82) is 0 Å². The number of aromatic carboxylic acids is 1. The Bertz CT molecular complexity index is 709. The molecule has 0 aliphatic carbocycles. The van der Waals surface area contributed by atoms with Gasteiger partial charge in [0.1, 0.15) is 0 Å². The van der Waals surface area contributed by atoms with Gasteiger partial charge in [-0.15, -0.1) is 0 Å². The van der Waals surface area contributed by atoms with E-state index in [-0.39, 0.29) is 18.0 Å². The summed E-state index contributed by atoms with van der Waals surface area (Å²) in [5, 5.41) is 13.8. The van der Waals surface area contributed by atoms with E-state index in [1.54, 1.807) is 32.0 Å². The maximum Gasteiger partial charge on any atom is 0.358 e. The highest BCUT2D eigenvalue weighted by Gasteiger charge is 2.20. The number of ether oxygens (including phenoxy) is 1. The van der Waals surface area contributed by atoms with Crippen LogP contribution in [0.5, 0.6) is 0 Å². The van der Waals surface area contributed by atoms with Crippen molar-refractivity contribution in [2.45, 2.75) is 13.8 Å². The second-order valence-electron chi connectivity index (χ2n) is 4.29. The number of halogens is 1. The quantitative estimate of drug-likeness (QED) is 0.878. The Labute approximate surface area is 125 Å². The van der Waals surface area contributed by atoms with Crippen molar-refractivity contribution in [3.63, 3.8) is 0 Å². The van der Waals surface area contributed by atoms with E-state index in [9.17, 15) is 14.7 Å². The summed E-state index contributed by atoms with van der Waals surface area (Å²) in [4.78, 5) is 23.0. The maximum atomic E-state index is 11.7. The van der Waals surface area contributed by atoms with Crippen LogP contribution >= 0.6 is 11.6 Å². The maximum absolute atomic E-state index is 11.7. The molecule has 0 bridgehead atoms. The largest absolute Gasteiger partial charge is 0.477 e. The molecule has 0 radical (unpaired) electrons. The Morgan fingerprint density at radius 1 is 1.38 bits per heavy atom. The molecule has 110 valence electrons. The Hall–Kier alpha value is -2.34. The van der Waals surface area contributed by atoms with E-state index in [4.69, 9.17) is 16.3 Å². The third-order valence-electron chi connectivity index (χ3n) is 2.80. The van der Waals surface area contributed by atoms with Gasteiger partial charge >= 0.3 is 11.9 Å². The predicted molar refractivity (Wildman–Crippen MR) is 76.2 cm³/mol. The molecule has 0 aliphatic rings. The van der Waals surface area contributed by atoms with Crippen molar-refractivity contribution in [3.8, 4) is 5.69 Å². The molecule has 1 aromatic heterocycles. The van der Waals surface area contributed by atoms with Gasteiger partial charge < -0.3 is 9.84 Å². The number of hydrogen-bond acceptors (Lipinski definition) is 4. The van der Waals surface area contributed by atoms with Crippen LogP contribution in [0.3, 0.4) is 0 Å². The molecule has 6 nitrogen and oxygen atoms in total. The van der Waals surface area contributed by atoms with E-state index in [0.29, 0.717) is 10.7 Å². The fraction of sp³-hybridized carbons (Fsp3) is 0.214. The van der Waals surface area contributed by atoms with Crippen LogP contribution in [0, 0.1) is 6.92 Å². The molecule has 0 amide bonds. The third kappa shape index (κ3) is 3.05. The van der Waals surface area contributed by atoms with E-state index >= 15 is 0 Å². The summed E-state index contributed by atoms with van der Waals surface area (Å²) in [5.74, 6) is -1.85. The number of hydrogen-bond donors (Lipinski definition) is 1. The van der Waals surface area contributed by atoms with Crippen LogP contribution in [0.2, 0.25) is 5.02 Å². The van der Waals surface area contributed by atoms with Crippen molar-refractivity contribution >= 4 is 23.5 Å². The zero-order chi connectivity index (χ0) is 15.6. The van der Waals surface area contributed by atoms with Gasteiger partial charge in [-0.2, -0.15) is 5.10 Å². The minimum absolute atomic E-state index is 0.0538. The Kier molecular flexibility index (Phi) is 4.28. The van der Waals surface area contributed by atoms with Crippen LogP contribution in [0.15, 0.2) is 24.3 Å². The van der Waals surface area contributed by atoms with Crippen LogP contribution in [0.4, 0.5) is 0 Å². The minimum Gasteiger partial charge on any atom is -0.477 e. The number of aromatic nitrogens is 2. The molecule has 0 saturated heterocycles. The average molecular weight is 309 g/mol. The highest BCUT2D eigenvalue weighted by atomic mass is 35.5. The molecule has 21 heavy (non-hydrogen) atoms. The summed E-state index contributed by atoms with van der Waals surface area (Å²) in [6, 6.07) is 6.15. The number of carboxylic acid groups (broad SMARTS) is 1. The van der Waals surface area contributed by atoms with Crippen LogP contribution < -0.4 is 0 Å². The first-order valence-electron chi connectivity index (χ1n) is 6.21. The monoisotopic (exact) mass is 308 g/mol. The lowest BCUT2D eigenvalue weighted by molar-refractivity contribution is 0.0518. The van der Waals surface area contributed by atoms with Gasteiger partial charge in [0.2, 0.25) is 0 Å². The zero-order valence-corrected chi connectivity index (χ0v) is 12.2. The lowest BCUT2D eigenvalue weighted by Crippen LogP contribution is -2.09. The standard InChI is InChI=1S/C14H13ClN2O4/c1-3-21-14(20)11-7-12(13(18)19)17(16-11)9-4-5-10(15)8(2)6-9/h4-7H,3H2,1-2H3,(H,18,19). The van der Waals surface area contributed by atoms with Crippen molar-refractivity contribution in [2.75, 3.05) is 6.61 Å².